The lowest BCUT2D eigenvalue weighted by Crippen LogP contribution is -2.42. The molecule has 2 heterocycles. The van der Waals surface area contributed by atoms with Gasteiger partial charge >= 0.3 is 0 Å². The number of amides is 2. The van der Waals surface area contributed by atoms with E-state index in [9.17, 15) is 19.7 Å². The van der Waals surface area contributed by atoms with Crippen LogP contribution in [0.2, 0.25) is 0 Å². The van der Waals surface area contributed by atoms with Gasteiger partial charge in [-0.15, -0.1) is 0 Å². The zero-order valence-electron chi connectivity index (χ0n) is 21.6. The number of aliphatic imine (C=N–C) groups is 1. The first-order chi connectivity index (χ1) is 18.9. The predicted molar refractivity (Wildman–Crippen MR) is 149 cm³/mol. The monoisotopic (exact) mass is 527 g/mol. The zero-order valence-corrected chi connectivity index (χ0v) is 21.6. The number of nitro groups is 1. The number of fused-ring (bicyclic) bond motifs is 1. The maximum atomic E-state index is 13.1. The van der Waals surface area contributed by atoms with Crippen LogP contribution in [-0.4, -0.2) is 66.7 Å². The van der Waals surface area contributed by atoms with Crippen LogP contribution in [0.5, 0.6) is 0 Å². The summed E-state index contributed by atoms with van der Waals surface area (Å²) in [5, 5.41) is 14.3. The largest absolute Gasteiger partial charge is 0.379 e. The van der Waals surface area contributed by atoms with E-state index in [1.807, 2.05) is 54.6 Å². The summed E-state index contributed by atoms with van der Waals surface area (Å²) in [5.74, 6) is -1.16. The molecule has 3 aromatic rings. The molecule has 10 heteroatoms. The lowest BCUT2D eigenvalue weighted by Gasteiger charge is -2.29. The molecule has 0 spiro atoms. The van der Waals surface area contributed by atoms with Crippen LogP contribution in [-0.2, 0) is 14.3 Å². The van der Waals surface area contributed by atoms with Gasteiger partial charge in [-0.1, -0.05) is 30.3 Å². The topological polar surface area (TPSA) is 117 Å². The fourth-order valence-corrected chi connectivity index (χ4v) is 4.92. The van der Waals surface area contributed by atoms with Gasteiger partial charge < -0.3 is 15.0 Å². The van der Waals surface area contributed by atoms with Gasteiger partial charge in [-0.3, -0.25) is 29.6 Å². The molecular formula is C29H29N5O5. The van der Waals surface area contributed by atoms with Crippen LogP contribution < -0.4 is 10.2 Å². The molecule has 1 atom stereocenters. The second-order valence-corrected chi connectivity index (χ2v) is 9.46. The molecule has 0 aliphatic carbocycles. The minimum absolute atomic E-state index is 0.0506. The Morgan fingerprint density at radius 1 is 1.10 bits per heavy atom. The number of nitrogens with one attached hydrogen (secondary N) is 1. The smallest absolute Gasteiger partial charge is 0.269 e. The molecule has 1 saturated heterocycles. The van der Waals surface area contributed by atoms with Crippen LogP contribution in [0.4, 0.5) is 22.7 Å². The third kappa shape index (κ3) is 5.87. The normalized spacial score (nSPS) is 17.4. The molecular weight excluding hydrogens is 498 g/mol. The second kappa shape index (κ2) is 11.5. The Bertz CT molecular complexity index is 1400. The summed E-state index contributed by atoms with van der Waals surface area (Å²) in [6, 6.07) is 21.0. The number of nitro benzene ring substituents is 1. The van der Waals surface area contributed by atoms with E-state index in [0.29, 0.717) is 42.4 Å². The van der Waals surface area contributed by atoms with Crippen molar-refractivity contribution < 1.29 is 19.2 Å². The van der Waals surface area contributed by atoms with Crippen LogP contribution in [0.25, 0.3) is 0 Å². The molecule has 2 aliphatic rings. The number of nitrogens with zero attached hydrogens (tertiary/aromatic N) is 4. The van der Waals surface area contributed by atoms with E-state index in [-0.39, 0.29) is 17.5 Å². The van der Waals surface area contributed by atoms with Gasteiger partial charge in [-0.05, 0) is 35.9 Å². The Labute approximate surface area is 226 Å². The predicted octanol–water partition coefficient (Wildman–Crippen LogP) is 4.14. The molecule has 1 N–H and O–H groups in total. The minimum atomic E-state index is -0.816. The minimum Gasteiger partial charge on any atom is -0.379 e. The van der Waals surface area contributed by atoms with Crippen molar-refractivity contribution in [2.75, 3.05) is 49.6 Å². The molecule has 2 aliphatic heterocycles. The van der Waals surface area contributed by atoms with Gasteiger partial charge in [0, 0.05) is 62.2 Å². The second-order valence-electron chi connectivity index (χ2n) is 9.46. The number of anilines is 2. The molecule has 39 heavy (non-hydrogen) atoms. The van der Waals surface area contributed by atoms with Crippen molar-refractivity contribution in [3.05, 3.63) is 94.0 Å². The van der Waals surface area contributed by atoms with Crippen molar-refractivity contribution in [2.24, 2.45) is 4.99 Å². The number of hydrogen-bond acceptors (Lipinski definition) is 7. The molecule has 5 rings (SSSR count). The number of carbonyl (C=O) groups excluding carboxylic acids is 2. The third-order valence-electron chi connectivity index (χ3n) is 6.95. The highest BCUT2D eigenvalue weighted by molar-refractivity contribution is 6.24. The molecule has 3 aromatic carbocycles. The summed E-state index contributed by atoms with van der Waals surface area (Å²) in [6.07, 6.45) is 0. The number of morpholine rings is 1. The number of benzene rings is 3. The van der Waals surface area contributed by atoms with Crippen molar-refractivity contribution in [1.82, 2.24) is 4.90 Å². The number of carbonyl (C=O) groups is 2. The average molecular weight is 528 g/mol. The summed E-state index contributed by atoms with van der Waals surface area (Å²) in [7, 11) is 0. The molecule has 0 saturated carbocycles. The molecule has 1 unspecified atom stereocenters. The van der Waals surface area contributed by atoms with Gasteiger partial charge in [0.25, 0.3) is 5.69 Å². The van der Waals surface area contributed by atoms with Crippen molar-refractivity contribution in [1.29, 1.82) is 0 Å². The zero-order chi connectivity index (χ0) is 27.4. The van der Waals surface area contributed by atoms with E-state index in [0.717, 1.165) is 30.9 Å². The summed E-state index contributed by atoms with van der Waals surface area (Å²) < 4.78 is 5.41. The molecule has 0 radical (unpaired) electrons. The lowest BCUT2D eigenvalue weighted by molar-refractivity contribution is -0.384. The Kier molecular flexibility index (Phi) is 7.76. The highest BCUT2D eigenvalue weighted by Crippen LogP contribution is 2.38. The summed E-state index contributed by atoms with van der Waals surface area (Å²) in [5.41, 5.74) is 3.53. The number of hydrogen-bond donors (Lipinski definition) is 1. The van der Waals surface area contributed by atoms with E-state index in [2.05, 4.69) is 10.2 Å². The highest BCUT2D eigenvalue weighted by atomic mass is 16.6. The van der Waals surface area contributed by atoms with Crippen LogP contribution in [0.15, 0.2) is 77.8 Å². The SMILES string of the molecule is CC(=O)N(CCN1CCOCC1)c1ccc(N=C(c2ccccc2)C2C(=O)Nc3ccc([N+](=O)[O-])cc32)cc1. The van der Waals surface area contributed by atoms with Gasteiger partial charge in [0.2, 0.25) is 11.8 Å². The highest BCUT2D eigenvalue weighted by Gasteiger charge is 2.36. The van der Waals surface area contributed by atoms with Gasteiger partial charge in [0.15, 0.2) is 0 Å². The number of rotatable bonds is 8. The molecule has 200 valence electrons. The Hall–Kier alpha value is -4.41. The molecule has 0 aromatic heterocycles. The van der Waals surface area contributed by atoms with Crippen LogP contribution in [0.3, 0.4) is 0 Å². The molecule has 1 fully saturated rings. The van der Waals surface area contributed by atoms with E-state index in [4.69, 9.17) is 9.73 Å². The van der Waals surface area contributed by atoms with E-state index < -0.39 is 10.8 Å². The van der Waals surface area contributed by atoms with Crippen molar-refractivity contribution in [2.45, 2.75) is 12.8 Å². The maximum absolute atomic E-state index is 13.1. The Morgan fingerprint density at radius 3 is 2.49 bits per heavy atom. The first kappa shape index (κ1) is 26.2. The number of ether oxygens (including phenoxy) is 1. The first-order valence-corrected chi connectivity index (χ1v) is 12.8. The van der Waals surface area contributed by atoms with Crippen molar-refractivity contribution in [3.63, 3.8) is 0 Å². The Balaban J connectivity index is 1.45. The fraction of sp³-hybridized carbons (Fsp3) is 0.276. The number of non-ortho nitro benzene ring substituents is 1. The first-order valence-electron chi connectivity index (χ1n) is 12.8. The van der Waals surface area contributed by atoms with Crippen molar-refractivity contribution >= 4 is 40.3 Å². The van der Waals surface area contributed by atoms with Crippen LogP contribution in [0.1, 0.15) is 24.0 Å². The van der Waals surface area contributed by atoms with Gasteiger partial charge in [-0.2, -0.15) is 0 Å². The lowest BCUT2D eigenvalue weighted by atomic mass is 9.90. The van der Waals surface area contributed by atoms with Gasteiger partial charge in [0.05, 0.1) is 29.5 Å². The quantitative estimate of drug-likeness (QED) is 0.267. The summed E-state index contributed by atoms with van der Waals surface area (Å²) >= 11 is 0. The van der Waals surface area contributed by atoms with Crippen LogP contribution in [0, 0.1) is 10.1 Å². The third-order valence-corrected chi connectivity index (χ3v) is 6.95. The van der Waals surface area contributed by atoms with Crippen molar-refractivity contribution in [3.8, 4) is 0 Å². The van der Waals surface area contributed by atoms with E-state index >= 15 is 0 Å². The molecule has 0 bridgehead atoms. The van der Waals surface area contributed by atoms with Crippen LogP contribution >= 0.6 is 0 Å². The Morgan fingerprint density at radius 2 is 1.82 bits per heavy atom. The molecule has 10 nitrogen and oxygen atoms in total. The average Bonchev–Trinajstić information content (AvgIpc) is 3.28. The fourth-order valence-electron chi connectivity index (χ4n) is 4.92. The van der Waals surface area contributed by atoms with E-state index in [1.54, 1.807) is 17.9 Å². The standard InChI is InChI=1S/C29H29N5O5/c1-20(35)33(14-13-32-15-17-39-18-16-32)23-9-7-22(8-10-23)30-28(21-5-3-2-4-6-21)27-25-19-24(34(37)38)11-12-26(25)31-29(27)36/h2-12,19,27H,13-18H2,1H3,(H,31,36). The maximum Gasteiger partial charge on any atom is 0.269 e. The summed E-state index contributed by atoms with van der Waals surface area (Å²) in [4.78, 5) is 45.4. The molecule has 2 amide bonds. The summed E-state index contributed by atoms with van der Waals surface area (Å²) in [6.45, 7) is 5.97. The van der Waals surface area contributed by atoms with E-state index in [1.165, 1.54) is 12.1 Å². The van der Waals surface area contributed by atoms with Gasteiger partial charge in [0.1, 0.15) is 5.92 Å². The van der Waals surface area contributed by atoms with Gasteiger partial charge in [-0.25, -0.2) is 0 Å².